The molecule has 206 valence electrons. The van der Waals surface area contributed by atoms with Crippen LogP contribution >= 0.6 is 0 Å². The van der Waals surface area contributed by atoms with Crippen molar-refractivity contribution in [2.24, 2.45) is 34.5 Å². The number of aryl methyl sites for hydroxylation is 1. The number of anilines is 1. The molecule has 1 unspecified atom stereocenters. The molecular formula is C31H41NO6. The van der Waals surface area contributed by atoms with Crippen molar-refractivity contribution in [3.63, 3.8) is 0 Å². The second-order valence-corrected chi connectivity index (χ2v) is 13.5. The lowest BCUT2D eigenvalue weighted by Crippen LogP contribution is -2.69. The fourth-order valence-electron chi connectivity index (χ4n) is 8.74. The van der Waals surface area contributed by atoms with E-state index in [9.17, 15) is 15.0 Å². The van der Waals surface area contributed by atoms with Gasteiger partial charge in [0, 0.05) is 11.6 Å². The minimum absolute atomic E-state index is 0.0914. The first-order valence-corrected chi connectivity index (χ1v) is 13.8. The van der Waals surface area contributed by atoms with E-state index in [0.717, 1.165) is 12.0 Å². The van der Waals surface area contributed by atoms with Crippen LogP contribution in [0.4, 0.5) is 5.69 Å². The van der Waals surface area contributed by atoms with Gasteiger partial charge in [0.15, 0.2) is 11.9 Å². The predicted molar refractivity (Wildman–Crippen MR) is 143 cm³/mol. The highest BCUT2D eigenvalue weighted by Crippen LogP contribution is 2.73. The van der Waals surface area contributed by atoms with Gasteiger partial charge in [0.2, 0.25) is 0 Å². The third kappa shape index (κ3) is 3.19. The van der Waals surface area contributed by atoms with Crippen LogP contribution in [0.5, 0.6) is 0 Å². The van der Waals surface area contributed by atoms with Crippen LogP contribution < -0.4 is 5.73 Å². The molecule has 5 aliphatic rings. The summed E-state index contributed by atoms with van der Waals surface area (Å²) in [7, 11) is 0. The molecule has 1 aliphatic heterocycles. The molecule has 1 heterocycles. The van der Waals surface area contributed by atoms with E-state index in [1.54, 1.807) is 12.1 Å². The van der Waals surface area contributed by atoms with Crippen molar-refractivity contribution in [1.29, 1.82) is 0 Å². The minimum atomic E-state index is -1.74. The van der Waals surface area contributed by atoms with E-state index >= 15 is 0 Å². The summed E-state index contributed by atoms with van der Waals surface area (Å²) in [6, 6.07) is 5.28. The largest absolute Gasteiger partial charge is 0.451 e. The predicted octanol–water partition coefficient (Wildman–Crippen LogP) is 4.16. The number of benzene rings is 1. The molecule has 38 heavy (non-hydrogen) atoms. The number of rotatable bonds is 2. The zero-order valence-electron chi connectivity index (χ0n) is 23.4. The summed E-state index contributed by atoms with van der Waals surface area (Å²) in [5, 5.41) is 25.5. The van der Waals surface area contributed by atoms with Gasteiger partial charge in [-0.1, -0.05) is 45.1 Å². The van der Waals surface area contributed by atoms with Gasteiger partial charge in [0.05, 0.1) is 23.7 Å². The van der Waals surface area contributed by atoms with Crippen LogP contribution in [-0.4, -0.2) is 52.5 Å². The Morgan fingerprint density at radius 1 is 1.18 bits per heavy atom. The zero-order valence-corrected chi connectivity index (χ0v) is 23.4. The average molecular weight is 524 g/mol. The highest BCUT2D eigenvalue weighted by atomic mass is 16.7. The summed E-state index contributed by atoms with van der Waals surface area (Å²) < 4.78 is 18.8. The van der Waals surface area contributed by atoms with Crippen LogP contribution in [0.15, 0.2) is 41.5 Å². The normalized spacial score (nSPS) is 43.9. The molecule has 1 aromatic rings. The number of hydrogen-bond donors (Lipinski definition) is 3. The zero-order chi connectivity index (χ0) is 27.6. The molecule has 2 bridgehead atoms. The van der Waals surface area contributed by atoms with Crippen molar-refractivity contribution in [3.05, 3.63) is 52.6 Å². The monoisotopic (exact) mass is 523 g/mol. The molecule has 9 atom stereocenters. The number of esters is 1. The molecule has 4 aliphatic carbocycles. The molecule has 3 fully saturated rings. The molecule has 7 heteroatoms. The Balaban J connectivity index is 1.52. The maximum Gasteiger partial charge on any atom is 0.341 e. The number of aliphatic hydroxyl groups is 2. The second kappa shape index (κ2) is 7.94. The van der Waals surface area contributed by atoms with Crippen LogP contribution in [-0.2, 0) is 14.2 Å². The van der Waals surface area contributed by atoms with Crippen LogP contribution in [0.3, 0.4) is 0 Å². The standard InChI is InChI=1S/C31H41NO6/c1-15-9-8-10-21(32)22(15)27(34)37-25-16(2)13-30-17(3)11-20-23(28(20,4)5)19(24(30)33)12-18-14-36-29(6,7)38-26(18)31(25,30)35/h8-10,12-13,17,19-20,23-26,33,35H,11,14,32H2,1-7H3/t17-,19+,20-,23+,24?,25+,26-,30+,31-/m1/s1. The van der Waals surface area contributed by atoms with E-state index in [2.05, 4.69) is 26.8 Å². The topological polar surface area (TPSA) is 111 Å². The number of fused-ring (bicyclic) bond motifs is 5. The van der Waals surface area contributed by atoms with E-state index in [4.69, 9.17) is 19.9 Å². The summed E-state index contributed by atoms with van der Waals surface area (Å²) >= 11 is 0. The molecule has 6 rings (SSSR count). The lowest BCUT2D eigenvalue weighted by molar-refractivity contribution is -0.312. The average Bonchev–Trinajstić information content (AvgIpc) is 3.31. The summed E-state index contributed by atoms with van der Waals surface area (Å²) in [5.41, 5.74) is 6.28. The number of nitrogen functional groups attached to an aromatic ring is 1. The third-order valence-electron chi connectivity index (χ3n) is 10.7. The van der Waals surface area contributed by atoms with Crippen molar-refractivity contribution in [3.8, 4) is 0 Å². The Morgan fingerprint density at radius 2 is 1.89 bits per heavy atom. The number of hydrogen-bond acceptors (Lipinski definition) is 7. The maximum absolute atomic E-state index is 13.6. The first-order chi connectivity index (χ1) is 17.7. The molecule has 2 saturated carbocycles. The molecule has 0 amide bonds. The van der Waals surface area contributed by atoms with Gasteiger partial charge in [0.25, 0.3) is 0 Å². The number of carbonyl (C=O) groups is 1. The summed E-state index contributed by atoms with van der Waals surface area (Å²) in [4.78, 5) is 13.6. The number of aliphatic hydroxyl groups excluding tert-OH is 1. The smallest absolute Gasteiger partial charge is 0.341 e. The highest BCUT2D eigenvalue weighted by molar-refractivity contribution is 5.97. The quantitative estimate of drug-likeness (QED) is 0.303. The summed E-state index contributed by atoms with van der Waals surface area (Å²) in [5.74, 6) is -1.11. The summed E-state index contributed by atoms with van der Waals surface area (Å²) in [6.07, 6.45) is 2.22. The van der Waals surface area contributed by atoms with Crippen LogP contribution in [0, 0.1) is 41.4 Å². The lowest BCUT2D eigenvalue weighted by Gasteiger charge is -2.55. The van der Waals surface area contributed by atoms with Crippen molar-refractivity contribution >= 4 is 11.7 Å². The Morgan fingerprint density at radius 3 is 2.58 bits per heavy atom. The number of ether oxygens (including phenoxy) is 3. The van der Waals surface area contributed by atoms with Gasteiger partial charge in [-0.05, 0) is 80.1 Å². The maximum atomic E-state index is 13.6. The van der Waals surface area contributed by atoms with Gasteiger partial charge in [-0.25, -0.2) is 4.79 Å². The molecule has 0 aromatic heterocycles. The van der Waals surface area contributed by atoms with Gasteiger partial charge in [-0.15, -0.1) is 0 Å². The third-order valence-corrected chi connectivity index (χ3v) is 10.7. The first kappa shape index (κ1) is 26.1. The highest BCUT2D eigenvalue weighted by Gasteiger charge is 2.77. The molecular weight excluding hydrogens is 482 g/mol. The van der Waals surface area contributed by atoms with Gasteiger partial charge >= 0.3 is 5.97 Å². The van der Waals surface area contributed by atoms with E-state index < -0.39 is 41.1 Å². The number of carbonyl (C=O) groups excluding carboxylic acids is 1. The van der Waals surface area contributed by atoms with Crippen LogP contribution in [0.25, 0.3) is 0 Å². The Labute approximate surface area is 225 Å². The molecule has 0 radical (unpaired) electrons. The molecule has 7 nitrogen and oxygen atoms in total. The fourth-order valence-corrected chi connectivity index (χ4v) is 8.74. The molecule has 1 aromatic carbocycles. The van der Waals surface area contributed by atoms with Crippen molar-refractivity contribution in [1.82, 2.24) is 0 Å². The summed E-state index contributed by atoms with van der Waals surface area (Å²) in [6.45, 7) is 14.3. The SMILES string of the molecule is CC1=C[C@]23C(O)[C@@H](C=C4COC(C)(C)O[C@H]4[C@]2(O)[C@H]1OC(=O)c1c(C)cccc1N)[C@H]1[C@@H](C[C@H]3C)C1(C)C. The Kier molecular flexibility index (Phi) is 5.44. The van der Waals surface area contributed by atoms with Crippen molar-refractivity contribution in [2.45, 2.75) is 84.6 Å². The number of nitrogens with two attached hydrogens (primary N) is 1. The minimum Gasteiger partial charge on any atom is -0.451 e. The van der Waals surface area contributed by atoms with E-state index in [1.807, 2.05) is 39.8 Å². The first-order valence-electron chi connectivity index (χ1n) is 13.8. The molecule has 1 spiro atoms. The lowest BCUT2D eigenvalue weighted by atomic mass is 9.58. The molecule has 4 N–H and O–H groups in total. The second-order valence-electron chi connectivity index (χ2n) is 13.5. The van der Waals surface area contributed by atoms with E-state index in [0.29, 0.717) is 22.7 Å². The van der Waals surface area contributed by atoms with Crippen LogP contribution in [0.1, 0.15) is 63.9 Å². The Hall–Kier alpha value is -2.19. The van der Waals surface area contributed by atoms with Gasteiger partial charge < -0.3 is 30.2 Å². The Bertz CT molecular complexity index is 1240. The van der Waals surface area contributed by atoms with Gasteiger partial charge in [0.1, 0.15) is 11.7 Å². The van der Waals surface area contributed by atoms with Gasteiger partial charge in [-0.3, -0.25) is 0 Å². The van der Waals surface area contributed by atoms with E-state index in [1.165, 1.54) is 0 Å². The van der Waals surface area contributed by atoms with E-state index in [-0.39, 0.29) is 35.3 Å². The van der Waals surface area contributed by atoms with Gasteiger partial charge in [-0.2, -0.15) is 0 Å². The molecule has 1 saturated heterocycles. The van der Waals surface area contributed by atoms with Crippen molar-refractivity contribution in [2.75, 3.05) is 12.3 Å². The van der Waals surface area contributed by atoms with Crippen molar-refractivity contribution < 1.29 is 29.2 Å². The fraction of sp³-hybridized carbons (Fsp3) is 0.645. The van der Waals surface area contributed by atoms with Crippen LogP contribution in [0.2, 0.25) is 0 Å².